The van der Waals surface area contributed by atoms with E-state index in [1.165, 1.54) is 0 Å². The molecular weight excluding hydrogens is 380 g/mol. The fourth-order valence-electron chi connectivity index (χ4n) is 4.86. The largest absolute Gasteiger partial charge is 0.381 e. The van der Waals surface area contributed by atoms with E-state index in [2.05, 4.69) is 33.0 Å². The zero-order chi connectivity index (χ0) is 20.5. The highest BCUT2D eigenvalue weighted by Gasteiger charge is 2.35. The number of rotatable bonds is 5. The average Bonchev–Trinajstić information content (AvgIpc) is 3.39. The Morgan fingerprint density at radius 1 is 1.23 bits per heavy atom. The van der Waals surface area contributed by atoms with Crippen LogP contribution in [0.15, 0.2) is 35.4 Å². The molecule has 8 nitrogen and oxygen atoms in total. The van der Waals surface area contributed by atoms with Crippen molar-refractivity contribution in [1.29, 1.82) is 0 Å². The van der Waals surface area contributed by atoms with Crippen LogP contribution in [-0.4, -0.2) is 55.9 Å². The monoisotopic (exact) mass is 408 g/mol. The molecule has 0 aliphatic carbocycles. The summed E-state index contributed by atoms with van der Waals surface area (Å²) in [5, 5.41) is 5.09. The van der Waals surface area contributed by atoms with E-state index in [-0.39, 0.29) is 17.5 Å². The van der Waals surface area contributed by atoms with Crippen LogP contribution in [0.25, 0.3) is 11.0 Å². The quantitative estimate of drug-likeness (QED) is 0.698. The van der Waals surface area contributed by atoms with Crippen LogP contribution in [0.2, 0.25) is 0 Å². The predicted octanol–water partition coefficient (Wildman–Crippen LogP) is 2.49. The van der Waals surface area contributed by atoms with Crippen LogP contribution in [0.4, 0.5) is 0 Å². The number of likely N-dealkylation sites (tertiary alicyclic amines) is 1. The SMILES string of the molecule is CC[C@@H]1CN(Cc2ccccn2)C[C@H]1c1nc2c(cnn2C2CCOCC2)c(=O)[nH]1. The molecule has 0 aromatic carbocycles. The van der Waals surface area contributed by atoms with Gasteiger partial charge in [-0.15, -0.1) is 0 Å². The molecule has 5 heterocycles. The topological polar surface area (TPSA) is 88.9 Å². The van der Waals surface area contributed by atoms with Crippen molar-refractivity contribution in [3.8, 4) is 0 Å². The third kappa shape index (κ3) is 3.65. The second-order valence-corrected chi connectivity index (χ2v) is 8.41. The summed E-state index contributed by atoms with van der Waals surface area (Å²) in [4.78, 5) is 27.7. The van der Waals surface area contributed by atoms with Gasteiger partial charge in [0.25, 0.3) is 5.56 Å². The van der Waals surface area contributed by atoms with Gasteiger partial charge in [0.15, 0.2) is 5.65 Å². The lowest BCUT2D eigenvalue weighted by Crippen LogP contribution is -2.23. The summed E-state index contributed by atoms with van der Waals surface area (Å²) >= 11 is 0. The lowest BCUT2D eigenvalue weighted by atomic mass is 9.93. The van der Waals surface area contributed by atoms with Crippen LogP contribution >= 0.6 is 0 Å². The number of aromatic amines is 1. The van der Waals surface area contributed by atoms with Crippen LogP contribution in [0.1, 0.15) is 49.7 Å². The Morgan fingerprint density at radius 2 is 2.10 bits per heavy atom. The van der Waals surface area contributed by atoms with Gasteiger partial charge in [-0.25, -0.2) is 9.67 Å². The summed E-state index contributed by atoms with van der Waals surface area (Å²) < 4.78 is 7.43. The van der Waals surface area contributed by atoms with Crippen LogP contribution in [0.5, 0.6) is 0 Å². The van der Waals surface area contributed by atoms with E-state index < -0.39 is 0 Å². The van der Waals surface area contributed by atoms with Gasteiger partial charge in [0.1, 0.15) is 11.2 Å². The molecule has 2 saturated heterocycles. The molecule has 3 aromatic rings. The number of hydrogen-bond donors (Lipinski definition) is 1. The van der Waals surface area contributed by atoms with Gasteiger partial charge in [-0.2, -0.15) is 5.10 Å². The van der Waals surface area contributed by atoms with Crippen molar-refractivity contribution in [2.45, 2.75) is 44.7 Å². The maximum atomic E-state index is 12.8. The van der Waals surface area contributed by atoms with Crippen molar-refractivity contribution in [3.63, 3.8) is 0 Å². The second kappa shape index (κ2) is 8.28. The fraction of sp³-hybridized carbons (Fsp3) is 0.545. The number of fused-ring (bicyclic) bond motifs is 1. The molecule has 0 saturated carbocycles. The lowest BCUT2D eigenvalue weighted by molar-refractivity contribution is 0.0673. The molecule has 0 radical (unpaired) electrons. The number of H-pyrrole nitrogens is 1. The van der Waals surface area contributed by atoms with Crippen LogP contribution in [0.3, 0.4) is 0 Å². The zero-order valence-electron chi connectivity index (χ0n) is 17.3. The van der Waals surface area contributed by atoms with Gasteiger partial charge in [-0.3, -0.25) is 14.7 Å². The first-order chi connectivity index (χ1) is 14.7. The molecule has 2 aliphatic heterocycles. The summed E-state index contributed by atoms with van der Waals surface area (Å²) in [6.45, 7) is 6.34. The van der Waals surface area contributed by atoms with Gasteiger partial charge < -0.3 is 9.72 Å². The molecule has 1 N–H and O–H groups in total. The lowest BCUT2D eigenvalue weighted by Gasteiger charge is -2.23. The molecule has 0 unspecified atom stereocenters. The number of pyridine rings is 1. The second-order valence-electron chi connectivity index (χ2n) is 8.41. The third-order valence-corrected chi connectivity index (χ3v) is 6.52. The van der Waals surface area contributed by atoms with E-state index in [0.29, 0.717) is 17.0 Å². The van der Waals surface area contributed by atoms with Gasteiger partial charge in [0.2, 0.25) is 0 Å². The molecule has 0 bridgehead atoms. The van der Waals surface area contributed by atoms with Crippen molar-refractivity contribution in [3.05, 3.63) is 52.5 Å². The van der Waals surface area contributed by atoms with E-state index in [1.807, 2.05) is 23.0 Å². The molecule has 8 heteroatoms. The molecule has 5 rings (SSSR count). The molecule has 30 heavy (non-hydrogen) atoms. The zero-order valence-corrected chi connectivity index (χ0v) is 17.3. The third-order valence-electron chi connectivity index (χ3n) is 6.52. The molecule has 2 fully saturated rings. The molecule has 2 aliphatic rings. The van der Waals surface area contributed by atoms with E-state index in [9.17, 15) is 4.79 Å². The Hall–Kier alpha value is -2.58. The summed E-state index contributed by atoms with van der Waals surface area (Å²) in [6, 6.07) is 6.27. The molecule has 0 amide bonds. The number of aromatic nitrogens is 5. The summed E-state index contributed by atoms with van der Waals surface area (Å²) in [7, 11) is 0. The Morgan fingerprint density at radius 3 is 2.87 bits per heavy atom. The maximum Gasteiger partial charge on any atom is 0.262 e. The van der Waals surface area contributed by atoms with Crippen molar-refractivity contribution < 1.29 is 4.74 Å². The first-order valence-corrected chi connectivity index (χ1v) is 10.9. The minimum Gasteiger partial charge on any atom is -0.381 e. The van der Waals surface area contributed by atoms with Crippen LogP contribution in [0, 0.1) is 5.92 Å². The molecular formula is C22H28N6O2. The molecule has 3 aromatic heterocycles. The minimum absolute atomic E-state index is 0.0914. The molecule has 2 atom stereocenters. The number of nitrogens with zero attached hydrogens (tertiary/aromatic N) is 5. The Balaban J connectivity index is 1.45. The first-order valence-electron chi connectivity index (χ1n) is 10.9. The maximum absolute atomic E-state index is 12.8. The van der Waals surface area contributed by atoms with E-state index in [0.717, 1.165) is 63.6 Å². The Bertz CT molecular complexity index is 1060. The fourth-order valence-corrected chi connectivity index (χ4v) is 4.86. The van der Waals surface area contributed by atoms with Crippen molar-refractivity contribution in [1.82, 2.24) is 29.6 Å². The van der Waals surface area contributed by atoms with E-state index >= 15 is 0 Å². The standard InChI is InChI=1S/C22H28N6O2/c1-2-15-12-27(13-16-5-3-4-8-23-16)14-19(15)20-25-21-18(22(29)26-20)11-24-28(21)17-6-9-30-10-7-17/h3-5,8,11,15,17,19H,2,6-7,9-10,12-14H2,1H3,(H,25,26,29)/t15-,19-/m1/s1. The first kappa shape index (κ1) is 19.4. The molecule has 0 spiro atoms. The number of nitrogens with one attached hydrogen (secondary N) is 1. The predicted molar refractivity (Wildman–Crippen MR) is 113 cm³/mol. The minimum atomic E-state index is -0.0914. The average molecular weight is 409 g/mol. The normalized spacial score (nSPS) is 23.4. The van der Waals surface area contributed by atoms with Crippen molar-refractivity contribution in [2.75, 3.05) is 26.3 Å². The highest BCUT2D eigenvalue weighted by Crippen LogP contribution is 2.34. The highest BCUT2D eigenvalue weighted by atomic mass is 16.5. The van der Waals surface area contributed by atoms with Gasteiger partial charge in [-0.1, -0.05) is 19.4 Å². The van der Waals surface area contributed by atoms with Gasteiger partial charge in [0.05, 0.1) is 17.9 Å². The summed E-state index contributed by atoms with van der Waals surface area (Å²) in [5.74, 6) is 1.44. The van der Waals surface area contributed by atoms with Crippen LogP contribution < -0.4 is 5.56 Å². The van der Waals surface area contributed by atoms with Crippen molar-refractivity contribution >= 4 is 11.0 Å². The van der Waals surface area contributed by atoms with E-state index in [4.69, 9.17) is 9.72 Å². The summed E-state index contributed by atoms with van der Waals surface area (Å²) in [5.41, 5.74) is 1.69. The van der Waals surface area contributed by atoms with Crippen LogP contribution in [-0.2, 0) is 11.3 Å². The number of hydrogen-bond acceptors (Lipinski definition) is 6. The van der Waals surface area contributed by atoms with Gasteiger partial charge in [0, 0.05) is 45.0 Å². The summed E-state index contributed by atoms with van der Waals surface area (Å²) in [6.07, 6.45) is 6.34. The molecule has 158 valence electrons. The van der Waals surface area contributed by atoms with Gasteiger partial charge in [-0.05, 0) is 30.9 Å². The van der Waals surface area contributed by atoms with Gasteiger partial charge >= 0.3 is 0 Å². The highest BCUT2D eigenvalue weighted by molar-refractivity contribution is 5.73. The van der Waals surface area contributed by atoms with E-state index in [1.54, 1.807) is 6.20 Å². The Kier molecular flexibility index (Phi) is 5.35. The number of ether oxygens (including phenoxy) is 1. The smallest absolute Gasteiger partial charge is 0.262 e. The Labute approximate surface area is 175 Å². The van der Waals surface area contributed by atoms with Crippen molar-refractivity contribution in [2.24, 2.45) is 5.92 Å².